The largest absolute Gasteiger partial charge is 0.480 e. The second kappa shape index (κ2) is 4.49. The molecule has 1 heterocycles. The van der Waals surface area contributed by atoms with E-state index in [-0.39, 0.29) is 6.10 Å². The normalized spacial score (nSPS) is 33.7. The van der Waals surface area contributed by atoms with Crippen LogP contribution in [0.5, 0.6) is 0 Å². The van der Waals surface area contributed by atoms with Crippen molar-refractivity contribution in [2.75, 3.05) is 19.7 Å². The van der Waals surface area contributed by atoms with E-state index in [2.05, 4.69) is 4.90 Å². The number of hydrogen-bond acceptors (Lipinski definition) is 3. The Kier molecular flexibility index (Phi) is 3.26. The molecule has 86 valence electrons. The first kappa shape index (κ1) is 10.9. The number of carboxylic acid groups (broad SMARTS) is 1. The highest BCUT2D eigenvalue weighted by atomic mass is 16.5. The topological polar surface area (TPSA) is 49.8 Å². The summed E-state index contributed by atoms with van der Waals surface area (Å²) in [7, 11) is 0. The molecule has 2 aliphatic rings. The molecular weight excluding hydrogens is 194 g/mol. The van der Waals surface area contributed by atoms with Gasteiger partial charge in [-0.3, -0.25) is 9.69 Å². The van der Waals surface area contributed by atoms with Crippen molar-refractivity contribution in [2.45, 2.75) is 38.3 Å². The van der Waals surface area contributed by atoms with Crippen molar-refractivity contribution in [2.24, 2.45) is 5.92 Å². The molecule has 0 aromatic carbocycles. The first-order chi connectivity index (χ1) is 7.18. The van der Waals surface area contributed by atoms with Crippen LogP contribution in [0.2, 0.25) is 0 Å². The van der Waals surface area contributed by atoms with Crippen LogP contribution in [0, 0.1) is 5.92 Å². The Labute approximate surface area is 90.2 Å². The fraction of sp³-hybridized carbons (Fsp3) is 0.909. The third kappa shape index (κ3) is 2.32. The Bertz CT molecular complexity index is 240. The smallest absolute Gasteiger partial charge is 0.323 e. The average molecular weight is 213 g/mol. The van der Waals surface area contributed by atoms with Crippen LogP contribution in [0.3, 0.4) is 0 Å². The Morgan fingerprint density at radius 3 is 2.80 bits per heavy atom. The summed E-state index contributed by atoms with van der Waals surface area (Å²) >= 11 is 0. The van der Waals surface area contributed by atoms with Crippen molar-refractivity contribution in [1.29, 1.82) is 0 Å². The molecule has 0 amide bonds. The summed E-state index contributed by atoms with van der Waals surface area (Å²) in [6, 6.07) is -0.445. The third-order valence-corrected chi connectivity index (χ3v) is 3.57. The fourth-order valence-electron chi connectivity index (χ4n) is 2.45. The molecule has 0 spiro atoms. The zero-order chi connectivity index (χ0) is 10.8. The van der Waals surface area contributed by atoms with Crippen LogP contribution in [0.25, 0.3) is 0 Å². The van der Waals surface area contributed by atoms with Gasteiger partial charge in [0.05, 0.1) is 12.7 Å². The number of hydrogen-bond donors (Lipinski definition) is 1. The van der Waals surface area contributed by atoms with Gasteiger partial charge in [-0.1, -0.05) is 6.42 Å². The highest BCUT2D eigenvalue weighted by Crippen LogP contribution is 2.28. The van der Waals surface area contributed by atoms with Crippen molar-refractivity contribution in [3.8, 4) is 0 Å². The molecule has 1 saturated carbocycles. The van der Waals surface area contributed by atoms with Gasteiger partial charge in [-0.05, 0) is 25.7 Å². The van der Waals surface area contributed by atoms with E-state index in [4.69, 9.17) is 9.84 Å². The van der Waals surface area contributed by atoms with Gasteiger partial charge in [-0.25, -0.2) is 0 Å². The molecule has 1 aliphatic heterocycles. The predicted octanol–water partition coefficient (Wildman–Crippen LogP) is 0.960. The maximum atomic E-state index is 11.1. The SMILES string of the molecule is CC1OCCN(CC2CCC2)C1C(=O)O. The van der Waals surface area contributed by atoms with Crippen LogP contribution in [-0.2, 0) is 9.53 Å². The van der Waals surface area contributed by atoms with Crippen molar-refractivity contribution in [1.82, 2.24) is 4.90 Å². The highest BCUT2D eigenvalue weighted by Gasteiger charge is 2.36. The number of nitrogens with zero attached hydrogens (tertiary/aromatic N) is 1. The summed E-state index contributed by atoms with van der Waals surface area (Å²) in [4.78, 5) is 13.2. The number of rotatable bonds is 3. The monoisotopic (exact) mass is 213 g/mol. The molecule has 1 saturated heterocycles. The van der Waals surface area contributed by atoms with Crippen molar-refractivity contribution in [3.63, 3.8) is 0 Å². The van der Waals surface area contributed by atoms with Crippen LogP contribution in [0.1, 0.15) is 26.2 Å². The summed E-state index contributed by atoms with van der Waals surface area (Å²) in [6.45, 7) is 4.21. The lowest BCUT2D eigenvalue weighted by Gasteiger charge is -2.40. The lowest BCUT2D eigenvalue weighted by molar-refractivity contribution is -0.156. The average Bonchev–Trinajstić information content (AvgIpc) is 2.10. The van der Waals surface area contributed by atoms with E-state index in [9.17, 15) is 4.79 Å². The number of morpholine rings is 1. The number of ether oxygens (including phenoxy) is 1. The number of aliphatic carboxylic acids is 1. The van der Waals surface area contributed by atoms with Gasteiger partial charge in [0.15, 0.2) is 0 Å². The molecule has 0 aromatic rings. The van der Waals surface area contributed by atoms with Gasteiger partial charge in [0.2, 0.25) is 0 Å². The molecule has 2 fully saturated rings. The lowest BCUT2D eigenvalue weighted by Crippen LogP contribution is -2.55. The Hall–Kier alpha value is -0.610. The van der Waals surface area contributed by atoms with Gasteiger partial charge in [0.25, 0.3) is 0 Å². The van der Waals surface area contributed by atoms with E-state index in [1.807, 2.05) is 6.92 Å². The van der Waals surface area contributed by atoms with Crippen LogP contribution in [-0.4, -0.2) is 47.8 Å². The number of carboxylic acids is 1. The molecule has 4 heteroatoms. The second-order valence-electron chi connectivity index (χ2n) is 4.65. The Balaban J connectivity index is 1.95. The quantitative estimate of drug-likeness (QED) is 0.758. The van der Waals surface area contributed by atoms with Crippen LogP contribution in [0.4, 0.5) is 0 Å². The van der Waals surface area contributed by atoms with E-state index >= 15 is 0 Å². The summed E-state index contributed by atoms with van der Waals surface area (Å²) in [5, 5.41) is 9.16. The molecule has 4 nitrogen and oxygen atoms in total. The van der Waals surface area contributed by atoms with Gasteiger partial charge in [-0.2, -0.15) is 0 Å². The Morgan fingerprint density at radius 1 is 1.53 bits per heavy atom. The lowest BCUT2D eigenvalue weighted by atomic mass is 9.84. The Morgan fingerprint density at radius 2 is 2.27 bits per heavy atom. The molecule has 2 atom stereocenters. The van der Waals surface area contributed by atoms with E-state index in [1.54, 1.807) is 0 Å². The number of carbonyl (C=O) groups is 1. The summed E-state index contributed by atoms with van der Waals surface area (Å²) in [5.41, 5.74) is 0. The van der Waals surface area contributed by atoms with Crippen LogP contribution < -0.4 is 0 Å². The second-order valence-corrected chi connectivity index (χ2v) is 4.65. The van der Waals surface area contributed by atoms with Crippen molar-refractivity contribution < 1.29 is 14.6 Å². The molecule has 2 unspecified atom stereocenters. The van der Waals surface area contributed by atoms with E-state index < -0.39 is 12.0 Å². The fourth-order valence-corrected chi connectivity index (χ4v) is 2.45. The van der Waals surface area contributed by atoms with Crippen LogP contribution >= 0.6 is 0 Å². The third-order valence-electron chi connectivity index (χ3n) is 3.57. The molecule has 0 aromatic heterocycles. The van der Waals surface area contributed by atoms with Crippen LogP contribution in [0.15, 0.2) is 0 Å². The highest BCUT2D eigenvalue weighted by molar-refractivity contribution is 5.74. The summed E-state index contributed by atoms with van der Waals surface area (Å²) < 4.78 is 5.39. The van der Waals surface area contributed by atoms with E-state index in [0.29, 0.717) is 6.61 Å². The minimum absolute atomic E-state index is 0.184. The standard InChI is InChI=1S/C11H19NO3/c1-8-10(11(13)14)12(5-6-15-8)7-9-3-2-4-9/h8-10H,2-7H2,1H3,(H,13,14). The zero-order valence-electron chi connectivity index (χ0n) is 9.19. The molecular formula is C11H19NO3. The summed E-state index contributed by atoms with van der Waals surface area (Å²) in [6.07, 6.45) is 3.65. The maximum Gasteiger partial charge on any atom is 0.323 e. The van der Waals surface area contributed by atoms with Gasteiger partial charge < -0.3 is 9.84 Å². The van der Waals surface area contributed by atoms with Crippen molar-refractivity contribution in [3.05, 3.63) is 0 Å². The molecule has 2 rings (SSSR count). The van der Waals surface area contributed by atoms with E-state index in [0.717, 1.165) is 19.0 Å². The summed E-state index contributed by atoms with van der Waals surface area (Å²) in [5.74, 6) is -0.0290. The maximum absolute atomic E-state index is 11.1. The molecule has 0 radical (unpaired) electrons. The molecule has 1 N–H and O–H groups in total. The molecule has 15 heavy (non-hydrogen) atoms. The van der Waals surface area contributed by atoms with Gasteiger partial charge >= 0.3 is 5.97 Å². The zero-order valence-corrected chi connectivity index (χ0v) is 9.19. The van der Waals surface area contributed by atoms with Crippen molar-refractivity contribution >= 4 is 5.97 Å². The minimum atomic E-state index is -0.749. The van der Waals surface area contributed by atoms with Gasteiger partial charge in [-0.15, -0.1) is 0 Å². The van der Waals surface area contributed by atoms with E-state index in [1.165, 1.54) is 19.3 Å². The first-order valence-electron chi connectivity index (χ1n) is 5.77. The molecule has 1 aliphatic carbocycles. The minimum Gasteiger partial charge on any atom is -0.480 e. The first-order valence-corrected chi connectivity index (χ1v) is 5.77. The van der Waals surface area contributed by atoms with Gasteiger partial charge in [0.1, 0.15) is 6.04 Å². The molecule has 0 bridgehead atoms. The van der Waals surface area contributed by atoms with Gasteiger partial charge in [0, 0.05) is 13.1 Å². The predicted molar refractivity (Wildman–Crippen MR) is 55.8 cm³/mol.